The van der Waals surface area contributed by atoms with Crippen LogP contribution in [-0.2, 0) is 0 Å². The maximum Gasteiger partial charge on any atom is 0.255 e. The molecule has 1 aliphatic rings. The third kappa shape index (κ3) is 2.72. The predicted molar refractivity (Wildman–Crippen MR) is 78.0 cm³/mol. The van der Waals surface area contributed by atoms with E-state index in [2.05, 4.69) is 29.8 Å². The number of carbonyl (C=O) groups excluding carboxylic acids is 1. The van der Waals surface area contributed by atoms with E-state index in [0.717, 1.165) is 23.9 Å². The van der Waals surface area contributed by atoms with Gasteiger partial charge in [0.1, 0.15) is 0 Å². The standard InChI is InChI=1S/C14H17BrClNO/c1-9-6-7-17(10(2)8-9)14(18)11-4-3-5-12(15)13(11)16/h3-5,9-10H,6-8H2,1-2H3. The Hall–Kier alpha value is -0.540. The van der Waals surface area contributed by atoms with Gasteiger partial charge in [0.05, 0.1) is 10.6 Å². The Kier molecular flexibility index (Phi) is 4.33. The van der Waals surface area contributed by atoms with Crippen LogP contribution in [0, 0.1) is 5.92 Å². The summed E-state index contributed by atoms with van der Waals surface area (Å²) in [6, 6.07) is 5.78. The maximum absolute atomic E-state index is 12.5. The minimum absolute atomic E-state index is 0.0423. The van der Waals surface area contributed by atoms with E-state index < -0.39 is 0 Å². The highest BCUT2D eigenvalue weighted by molar-refractivity contribution is 9.10. The third-order valence-electron chi connectivity index (χ3n) is 3.58. The Morgan fingerprint density at radius 3 is 2.83 bits per heavy atom. The Bertz CT molecular complexity index is 463. The number of likely N-dealkylation sites (tertiary alicyclic amines) is 1. The number of halogens is 2. The lowest BCUT2D eigenvalue weighted by Gasteiger charge is -2.36. The van der Waals surface area contributed by atoms with Crippen LogP contribution in [0.3, 0.4) is 0 Å². The molecule has 1 aliphatic heterocycles. The number of amides is 1. The van der Waals surface area contributed by atoms with Crippen molar-refractivity contribution in [3.8, 4) is 0 Å². The molecule has 1 amide bonds. The highest BCUT2D eigenvalue weighted by Gasteiger charge is 2.28. The summed E-state index contributed by atoms with van der Waals surface area (Å²) in [5, 5.41) is 0.508. The van der Waals surface area contributed by atoms with E-state index in [0.29, 0.717) is 16.5 Å². The van der Waals surface area contributed by atoms with Gasteiger partial charge in [-0.2, -0.15) is 0 Å². The van der Waals surface area contributed by atoms with Gasteiger partial charge >= 0.3 is 0 Å². The molecule has 1 heterocycles. The molecule has 2 atom stereocenters. The van der Waals surface area contributed by atoms with Gasteiger partial charge in [0, 0.05) is 17.1 Å². The summed E-state index contributed by atoms with van der Waals surface area (Å²) >= 11 is 9.55. The van der Waals surface area contributed by atoms with Crippen LogP contribution in [0.25, 0.3) is 0 Å². The number of piperidine rings is 1. The second kappa shape index (κ2) is 5.62. The molecule has 2 rings (SSSR count). The van der Waals surface area contributed by atoms with Crippen LogP contribution in [0.15, 0.2) is 22.7 Å². The summed E-state index contributed by atoms with van der Waals surface area (Å²) in [5.74, 6) is 0.739. The van der Waals surface area contributed by atoms with Crippen molar-refractivity contribution in [2.45, 2.75) is 32.7 Å². The monoisotopic (exact) mass is 329 g/mol. The lowest BCUT2D eigenvalue weighted by atomic mass is 9.93. The molecular weight excluding hydrogens is 314 g/mol. The SMILES string of the molecule is CC1CCN(C(=O)c2cccc(Br)c2Cl)C(C)C1. The summed E-state index contributed by atoms with van der Waals surface area (Å²) in [4.78, 5) is 14.4. The van der Waals surface area contributed by atoms with Crippen LogP contribution in [0.5, 0.6) is 0 Å². The first-order chi connectivity index (χ1) is 8.50. The van der Waals surface area contributed by atoms with Gasteiger partial charge in [0.25, 0.3) is 5.91 Å². The van der Waals surface area contributed by atoms with Crippen molar-refractivity contribution in [2.24, 2.45) is 5.92 Å². The van der Waals surface area contributed by atoms with Gasteiger partial charge in [0.15, 0.2) is 0 Å². The highest BCUT2D eigenvalue weighted by atomic mass is 79.9. The average Bonchev–Trinajstić information content (AvgIpc) is 2.32. The van der Waals surface area contributed by atoms with Gasteiger partial charge in [-0.1, -0.05) is 24.6 Å². The minimum Gasteiger partial charge on any atom is -0.336 e. The average molecular weight is 331 g/mol. The van der Waals surface area contributed by atoms with Gasteiger partial charge in [-0.15, -0.1) is 0 Å². The van der Waals surface area contributed by atoms with Gasteiger partial charge in [-0.05, 0) is 53.7 Å². The molecule has 0 N–H and O–H groups in total. The summed E-state index contributed by atoms with van der Waals surface area (Å²) in [6.07, 6.45) is 2.14. The maximum atomic E-state index is 12.5. The molecule has 0 radical (unpaired) electrons. The fourth-order valence-electron chi connectivity index (χ4n) is 2.53. The largest absolute Gasteiger partial charge is 0.336 e. The van der Waals surface area contributed by atoms with Crippen molar-refractivity contribution in [1.29, 1.82) is 0 Å². The molecule has 2 nitrogen and oxygen atoms in total. The summed E-state index contributed by atoms with van der Waals surface area (Å²) < 4.78 is 0.771. The number of hydrogen-bond donors (Lipinski definition) is 0. The fourth-order valence-corrected chi connectivity index (χ4v) is 3.11. The number of rotatable bonds is 1. The lowest BCUT2D eigenvalue weighted by Crippen LogP contribution is -2.44. The van der Waals surface area contributed by atoms with Gasteiger partial charge < -0.3 is 4.90 Å². The van der Waals surface area contributed by atoms with Crippen LogP contribution in [0.1, 0.15) is 37.0 Å². The number of hydrogen-bond acceptors (Lipinski definition) is 1. The molecule has 0 saturated carbocycles. The van der Waals surface area contributed by atoms with E-state index >= 15 is 0 Å². The Labute approximate surface area is 121 Å². The van der Waals surface area contributed by atoms with Crippen LogP contribution in [0.4, 0.5) is 0 Å². The van der Waals surface area contributed by atoms with Gasteiger partial charge in [0.2, 0.25) is 0 Å². The van der Waals surface area contributed by atoms with Crippen molar-refractivity contribution >= 4 is 33.4 Å². The summed E-state index contributed by atoms with van der Waals surface area (Å²) in [7, 11) is 0. The zero-order valence-corrected chi connectivity index (χ0v) is 13.0. The normalized spacial score (nSPS) is 24.1. The second-order valence-electron chi connectivity index (χ2n) is 5.08. The topological polar surface area (TPSA) is 20.3 Å². The van der Waals surface area contributed by atoms with Crippen LogP contribution in [-0.4, -0.2) is 23.4 Å². The predicted octanol–water partition coefficient (Wildman–Crippen LogP) is 4.36. The molecule has 1 aromatic carbocycles. The lowest BCUT2D eigenvalue weighted by molar-refractivity contribution is 0.0589. The first-order valence-corrected chi connectivity index (χ1v) is 7.42. The Morgan fingerprint density at radius 1 is 1.44 bits per heavy atom. The van der Waals surface area contributed by atoms with Crippen molar-refractivity contribution in [2.75, 3.05) is 6.54 Å². The molecule has 1 aromatic rings. The fraction of sp³-hybridized carbons (Fsp3) is 0.500. The van der Waals surface area contributed by atoms with Crippen LogP contribution < -0.4 is 0 Å². The van der Waals surface area contributed by atoms with E-state index in [-0.39, 0.29) is 11.9 Å². The number of nitrogens with zero attached hydrogens (tertiary/aromatic N) is 1. The molecular formula is C14H17BrClNO. The first kappa shape index (κ1) is 13.9. The number of benzene rings is 1. The van der Waals surface area contributed by atoms with Gasteiger partial charge in [-0.3, -0.25) is 4.79 Å². The molecule has 0 aromatic heterocycles. The molecule has 0 spiro atoms. The molecule has 0 aliphatic carbocycles. The molecule has 0 bridgehead atoms. The minimum atomic E-state index is 0.0423. The van der Waals surface area contributed by atoms with E-state index in [9.17, 15) is 4.79 Å². The molecule has 1 fully saturated rings. The van der Waals surface area contributed by atoms with Gasteiger partial charge in [-0.25, -0.2) is 0 Å². The van der Waals surface area contributed by atoms with E-state index in [1.54, 1.807) is 6.07 Å². The zero-order valence-electron chi connectivity index (χ0n) is 10.6. The van der Waals surface area contributed by atoms with Crippen molar-refractivity contribution in [3.05, 3.63) is 33.3 Å². The molecule has 98 valence electrons. The van der Waals surface area contributed by atoms with Crippen molar-refractivity contribution in [3.63, 3.8) is 0 Å². The quantitative estimate of drug-likeness (QED) is 0.749. The molecule has 4 heteroatoms. The van der Waals surface area contributed by atoms with Crippen molar-refractivity contribution < 1.29 is 4.79 Å². The zero-order chi connectivity index (χ0) is 13.3. The Morgan fingerprint density at radius 2 is 2.17 bits per heavy atom. The Balaban J connectivity index is 2.23. The molecule has 2 unspecified atom stereocenters. The number of carbonyl (C=O) groups is 1. The van der Waals surface area contributed by atoms with Crippen LogP contribution >= 0.6 is 27.5 Å². The van der Waals surface area contributed by atoms with E-state index in [1.807, 2.05) is 17.0 Å². The third-order valence-corrected chi connectivity index (χ3v) is 4.88. The molecule has 18 heavy (non-hydrogen) atoms. The second-order valence-corrected chi connectivity index (χ2v) is 6.31. The smallest absolute Gasteiger partial charge is 0.255 e. The van der Waals surface area contributed by atoms with Crippen molar-refractivity contribution in [1.82, 2.24) is 4.90 Å². The van der Waals surface area contributed by atoms with E-state index in [1.165, 1.54) is 0 Å². The first-order valence-electron chi connectivity index (χ1n) is 6.25. The summed E-state index contributed by atoms with van der Waals surface area (Å²) in [6.45, 7) is 5.17. The van der Waals surface area contributed by atoms with E-state index in [4.69, 9.17) is 11.6 Å². The van der Waals surface area contributed by atoms with Crippen LogP contribution in [0.2, 0.25) is 5.02 Å². The summed E-state index contributed by atoms with van der Waals surface area (Å²) in [5.41, 5.74) is 0.590. The molecule has 1 saturated heterocycles. The highest BCUT2D eigenvalue weighted by Crippen LogP contribution is 2.29.